The van der Waals surface area contributed by atoms with Crippen LogP contribution >= 0.6 is 23.2 Å². The minimum absolute atomic E-state index is 0.145. The van der Waals surface area contributed by atoms with E-state index in [0.29, 0.717) is 40.5 Å². The summed E-state index contributed by atoms with van der Waals surface area (Å²) < 4.78 is 17.1. The lowest BCUT2D eigenvalue weighted by Gasteiger charge is -2.22. The second-order valence-corrected chi connectivity index (χ2v) is 6.53. The van der Waals surface area contributed by atoms with Gasteiger partial charge in [0.2, 0.25) is 0 Å². The van der Waals surface area contributed by atoms with Crippen LogP contribution in [-0.2, 0) is 11.8 Å². The van der Waals surface area contributed by atoms with Crippen LogP contribution in [0.25, 0.3) is 0 Å². The highest BCUT2D eigenvalue weighted by Gasteiger charge is 2.28. The SMILES string of the molecule is CCCCOc1c(CCl)c(CCl)c(OC)c(C)c1C(=O)Oc1ccccc1. The molecule has 0 bridgehead atoms. The topological polar surface area (TPSA) is 44.8 Å². The number of alkyl halides is 2. The number of para-hydroxylation sites is 1. The smallest absolute Gasteiger partial charge is 0.347 e. The Morgan fingerprint density at radius 3 is 2.22 bits per heavy atom. The second kappa shape index (κ2) is 10.4. The van der Waals surface area contributed by atoms with Crippen molar-refractivity contribution in [1.82, 2.24) is 0 Å². The highest BCUT2D eigenvalue weighted by Crippen LogP contribution is 2.41. The fourth-order valence-electron chi connectivity index (χ4n) is 2.86. The molecule has 146 valence electrons. The molecule has 2 aromatic rings. The zero-order valence-electron chi connectivity index (χ0n) is 15.8. The van der Waals surface area contributed by atoms with Crippen LogP contribution in [0, 0.1) is 6.92 Å². The summed E-state index contributed by atoms with van der Waals surface area (Å²) in [7, 11) is 1.54. The molecule has 0 N–H and O–H groups in total. The van der Waals surface area contributed by atoms with Gasteiger partial charge in [-0.05, 0) is 25.5 Å². The van der Waals surface area contributed by atoms with Gasteiger partial charge in [-0.1, -0.05) is 31.5 Å². The predicted molar refractivity (Wildman–Crippen MR) is 109 cm³/mol. The zero-order valence-corrected chi connectivity index (χ0v) is 17.3. The van der Waals surface area contributed by atoms with E-state index in [1.807, 2.05) is 6.07 Å². The number of hydrogen-bond donors (Lipinski definition) is 0. The number of benzene rings is 2. The molecule has 0 heterocycles. The quantitative estimate of drug-likeness (QED) is 0.224. The van der Waals surface area contributed by atoms with Crippen molar-refractivity contribution in [2.45, 2.75) is 38.4 Å². The number of carbonyl (C=O) groups is 1. The van der Waals surface area contributed by atoms with Crippen LogP contribution in [-0.4, -0.2) is 19.7 Å². The van der Waals surface area contributed by atoms with Gasteiger partial charge in [0.1, 0.15) is 22.8 Å². The minimum Gasteiger partial charge on any atom is -0.496 e. The lowest BCUT2D eigenvalue weighted by Crippen LogP contribution is -2.16. The third kappa shape index (κ3) is 4.88. The monoisotopic (exact) mass is 410 g/mol. The summed E-state index contributed by atoms with van der Waals surface area (Å²) in [6.07, 6.45) is 1.83. The number of methoxy groups -OCH3 is 1. The normalized spacial score (nSPS) is 10.6. The first-order valence-corrected chi connectivity index (χ1v) is 9.90. The maximum Gasteiger partial charge on any atom is 0.347 e. The van der Waals surface area contributed by atoms with Gasteiger partial charge in [-0.15, -0.1) is 23.2 Å². The van der Waals surface area contributed by atoms with E-state index >= 15 is 0 Å². The number of halogens is 2. The molecule has 2 aromatic carbocycles. The van der Waals surface area contributed by atoms with Gasteiger partial charge in [0.05, 0.1) is 25.5 Å². The molecule has 0 aliphatic carbocycles. The molecule has 0 saturated carbocycles. The molecule has 0 aliphatic heterocycles. The third-order valence-electron chi connectivity index (χ3n) is 4.23. The first-order chi connectivity index (χ1) is 13.1. The van der Waals surface area contributed by atoms with Crippen LogP contribution in [0.3, 0.4) is 0 Å². The van der Waals surface area contributed by atoms with Crippen molar-refractivity contribution in [3.63, 3.8) is 0 Å². The average molecular weight is 411 g/mol. The first kappa shape index (κ1) is 21.4. The van der Waals surface area contributed by atoms with Gasteiger partial charge >= 0.3 is 5.97 Å². The number of ether oxygens (including phenoxy) is 3. The number of carbonyl (C=O) groups excluding carboxylic acids is 1. The van der Waals surface area contributed by atoms with E-state index in [1.54, 1.807) is 38.3 Å². The minimum atomic E-state index is -0.518. The second-order valence-electron chi connectivity index (χ2n) is 5.99. The van der Waals surface area contributed by atoms with E-state index in [9.17, 15) is 4.79 Å². The Kier molecular flexibility index (Phi) is 8.26. The Hall–Kier alpha value is -1.91. The summed E-state index contributed by atoms with van der Waals surface area (Å²) >= 11 is 12.4. The fourth-order valence-corrected chi connectivity index (χ4v) is 3.43. The molecule has 6 heteroatoms. The summed E-state index contributed by atoms with van der Waals surface area (Å²) in [4.78, 5) is 13.0. The summed E-state index contributed by atoms with van der Waals surface area (Å²) in [5, 5.41) is 0. The predicted octanol–water partition coefficient (Wildman–Crippen LogP) is 5.88. The molecule has 0 fully saturated rings. The van der Waals surface area contributed by atoms with Crippen molar-refractivity contribution in [2.75, 3.05) is 13.7 Å². The Labute approximate surface area is 170 Å². The lowest BCUT2D eigenvalue weighted by molar-refractivity contribution is 0.0728. The molecule has 0 saturated heterocycles. The van der Waals surface area contributed by atoms with Crippen molar-refractivity contribution >= 4 is 29.2 Å². The largest absolute Gasteiger partial charge is 0.496 e. The first-order valence-electron chi connectivity index (χ1n) is 8.83. The Morgan fingerprint density at radius 1 is 1.04 bits per heavy atom. The maximum absolute atomic E-state index is 13.0. The number of esters is 1. The molecule has 0 atom stereocenters. The highest BCUT2D eigenvalue weighted by atomic mass is 35.5. The molecule has 4 nitrogen and oxygen atoms in total. The van der Waals surface area contributed by atoms with Crippen LogP contribution in [0.4, 0.5) is 0 Å². The maximum atomic E-state index is 13.0. The Balaban J connectivity index is 2.59. The van der Waals surface area contributed by atoms with Gasteiger partial charge in [-0.3, -0.25) is 0 Å². The summed E-state index contributed by atoms with van der Waals surface area (Å²) in [5.41, 5.74) is 2.32. The van der Waals surface area contributed by atoms with E-state index in [-0.39, 0.29) is 11.8 Å². The van der Waals surface area contributed by atoms with Crippen LogP contribution < -0.4 is 14.2 Å². The van der Waals surface area contributed by atoms with Crippen LogP contribution in [0.5, 0.6) is 17.2 Å². The van der Waals surface area contributed by atoms with Crippen LogP contribution in [0.2, 0.25) is 0 Å². The standard InChI is InChI=1S/C21H24Cl2O4/c1-4-5-11-26-20-17(13-23)16(12-22)19(25-3)14(2)18(20)21(24)27-15-9-7-6-8-10-15/h6-10H,4-5,11-13H2,1-3H3. The van der Waals surface area contributed by atoms with E-state index < -0.39 is 5.97 Å². The third-order valence-corrected chi connectivity index (χ3v) is 4.76. The van der Waals surface area contributed by atoms with Crippen molar-refractivity contribution in [2.24, 2.45) is 0 Å². The number of hydrogen-bond acceptors (Lipinski definition) is 4. The molecule has 0 radical (unpaired) electrons. The van der Waals surface area contributed by atoms with E-state index in [4.69, 9.17) is 37.4 Å². The molecular weight excluding hydrogens is 387 g/mol. The molecule has 2 rings (SSSR count). The van der Waals surface area contributed by atoms with E-state index in [2.05, 4.69) is 6.92 Å². The lowest BCUT2D eigenvalue weighted by atomic mass is 9.97. The van der Waals surface area contributed by atoms with Crippen molar-refractivity contribution < 1.29 is 19.0 Å². The van der Waals surface area contributed by atoms with Gasteiger partial charge in [0, 0.05) is 16.7 Å². The van der Waals surface area contributed by atoms with E-state index in [0.717, 1.165) is 18.4 Å². The molecule has 0 aromatic heterocycles. The Bertz CT molecular complexity index is 776. The molecule has 0 aliphatic rings. The summed E-state index contributed by atoms with van der Waals surface area (Å²) in [6, 6.07) is 8.89. The fraction of sp³-hybridized carbons (Fsp3) is 0.381. The summed E-state index contributed by atoms with van der Waals surface area (Å²) in [6.45, 7) is 4.33. The van der Waals surface area contributed by atoms with Crippen molar-refractivity contribution in [3.8, 4) is 17.2 Å². The molecule has 27 heavy (non-hydrogen) atoms. The molecule has 0 amide bonds. The van der Waals surface area contributed by atoms with Gasteiger partial charge < -0.3 is 14.2 Å². The zero-order chi connectivity index (χ0) is 19.8. The average Bonchev–Trinajstić information content (AvgIpc) is 2.68. The highest BCUT2D eigenvalue weighted by molar-refractivity contribution is 6.19. The molecular formula is C21H24Cl2O4. The Morgan fingerprint density at radius 2 is 1.67 bits per heavy atom. The number of rotatable bonds is 9. The number of unbranched alkanes of at least 4 members (excludes halogenated alkanes) is 1. The van der Waals surface area contributed by atoms with Gasteiger partial charge in [0.15, 0.2) is 0 Å². The van der Waals surface area contributed by atoms with Gasteiger partial charge in [-0.2, -0.15) is 0 Å². The van der Waals surface area contributed by atoms with Gasteiger partial charge in [0.25, 0.3) is 0 Å². The molecule has 0 spiro atoms. The van der Waals surface area contributed by atoms with E-state index in [1.165, 1.54) is 0 Å². The van der Waals surface area contributed by atoms with Crippen LogP contribution in [0.1, 0.15) is 46.8 Å². The molecule has 0 unspecified atom stereocenters. The summed E-state index contributed by atoms with van der Waals surface area (Å²) in [5.74, 6) is 1.23. The van der Waals surface area contributed by atoms with Crippen molar-refractivity contribution in [3.05, 3.63) is 52.6 Å². The van der Waals surface area contributed by atoms with Crippen molar-refractivity contribution in [1.29, 1.82) is 0 Å². The van der Waals surface area contributed by atoms with Crippen LogP contribution in [0.15, 0.2) is 30.3 Å². The van der Waals surface area contributed by atoms with Gasteiger partial charge in [-0.25, -0.2) is 4.79 Å².